The minimum atomic E-state index is -5.06. The van der Waals surface area contributed by atoms with E-state index in [-0.39, 0.29) is 29.3 Å². The molecule has 2 rings (SSSR count). The third kappa shape index (κ3) is 5.73. The third-order valence-electron chi connectivity index (χ3n) is 3.26. The molecule has 2 amide bonds. The van der Waals surface area contributed by atoms with Gasteiger partial charge in [-0.1, -0.05) is 12.1 Å². The van der Waals surface area contributed by atoms with Crippen molar-refractivity contribution in [3.05, 3.63) is 54.1 Å². The number of rotatable bonds is 5. The van der Waals surface area contributed by atoms with Crippen molar-refractivity contribution in [1.82, 2.24) is 0 Å². The monoisotopic (exact) mass is 396 g/mol. The highest BCUT2D eigenvalue weighted by molar-refractivity contribution is 6.07. The second kappa shape index (κ2) is 8.89. The van der Waals surface area contributed by atoms with E-state index >= 15 is 0 Å². The molecule has 0 aliphatic carbocycles. The molecule has 0 aliphatic heterocycles. The lowest BCUT2D eigenvalue weighted by molar-refractivity contribution is -0.167. The SMILES string of the molecule is CCOC(=O)Oc1ccc(C(=O)Nc2ccccc2NC(=O)C(F)(F)F)cc1. The quantitative estimate of drug-likeness (QED) is 0.589. The number of amides is 2. The van der Waals surface area contributed by atoms with Crippen molar-refractivity contribution < 1.29 is 37.0 Å². The second-order valence-corrected chi connectivity index (χ2v) is 5.26. The Morgan fingerprint density at radius 2 is 1.50 bits per heavy atom. The van der Waals surface area contributed by atoms with E-state index in [1.165, 1.54) is 48.5 Å². The number of anilines is 2. The van der Waals surface area contributed by atoms with Crippen molar-refractivity contribution in [2.75, 3.05) is 17.2 Å². The van der Waals surface area contributed by atoms with E-state index in [4.69, 9.17) is 4.74 Å². The maximum absolute atomic E-state index is 12.4. The molecule has 0 saturated carbocycles. The van der Waals surface area contributed by atoms with Crippen molar-refractivity contribution in [3.8, 4) is 5.75 Å². The summed E-state index contributed by atoms with van der Waals surface area (Å²) in [6.07, 6.45) is -5.96. The topological polar surface area (TPSA) is 93.7 Å². The molecule has 0 bridgehead atoms. The fraction of sp³-hybridized carbons (Fsp3) is 0.167. The van der Waals surface area contributed by atoms with Crippen LogP contribution in [0.25, 0.3) is 0 Å². The van der Waals surface area contributed by atoms with Crippen LogP contribution in [0.1, 0.15) is 17.3 Å². The normalized spacial score (nSPS) is 10.7. The Morgan fingerprint density at radius 1 is 0.929 bits per heavy atom. The average molecular weight is 396 g/mol. The van der Waals surface area contributed by atoms with Gasteiger partial charge in [-0.05, 0) is 43.3 Å². The zero-order valence-electron chi connectivity index (χ0n) is 14.5. The van der Waals surface area contributed by atoms with E-state index < -0.39 is 24.1 Å². The van der Waals surface area contributed by atoms with Gasteiger partial charge in [0.1, 0.15) is 5.75 Å². The first-order valence-electron chi connectivity index (χ1n) is 7.94. The van der Waals surface area contributed by atoms with Crippen LogP contribution >= 0.6 is 0 Å². The van der Waals surface area contributed by atoms with Gasteiger partial charge in [0.05, 0.1) is 18.0 Å². The zero-order chi connectivity index (χ0) is 20.7. The molecule has 0 aromatic heterocycles. The van der Waals surface area contributed by atoms with Crippen molar-refractivity contribution in [2.24, 2.45) is 0 Å². The number of para-hydroxylation sites is 2. The lowest BCUT2D eigenvalue weighted by Crippen LogP contribution is -2.30. The molecule has 0 saturated heterocycles. The van der Waals surface area contributed by atoms with Gasteiger partial charge < -0.3 is 20.1 Å². The molecule has 0 unspecified atom stereocenters. The van der Waals surface area contributed by atoms with E-state index in [1.54, 1.807) is 12.2 Å². The highest BCUT2D eigenvalue weighted by atomic mass is 19.4. The maximum Gasteiger partial charge on any atom is 0.513 e. The predicted molar refractivity (Wildman–Crippen MR) is 93.2 cm³/mol. The molecular formula is C18H15F3N2O5. The summed E-state index contributed by atoms with van der Waals surface area (Å²) in [6, 6.07) is 10.8. The van der Waals surface area contributed by atoms with E-state index in [0.29, 0.717) is 0 Å². The van der Waals surface area contributed by atoms with Crippen LogP contribution in [-0.4, -0.2) is 30.8 Å². The molecule has 0 radical (unpaired) electrons. The minimum Gasteiger partial charge on any atom is -0.434 e. The van der Waals surface area contributed by atoms with E-state index in [9.17, 15) is 27.6 Å². The van der Waals surface area contributed by atoms with Gasteiger partial charge >= 0.3 is 18.2 Å². The van der Waals surface area contributed by atoms with Crippen LogP contribution in [0.4, 0.5) is 29.3 Å². The number of nitrogens with one attached hydrogen (secondary N) is 2. The Hall–Kier alpha value is -3.56. The molecule has 0 spiro atoms. The molecule has 0 heterocycles. The lowest BCUT2D eigenvalue weighted by Gasteiger charge is -2.13. The first-order valence-corrected chi connectivity index (χ1v) is 7.94. The number of alkyl halides is 3. The Morgan fingerprint density at radius 3 is 2.04 bits per heavy atom. The predicted octanol–water partition coefficient (Wildman–Crippen LogP) is 3.98. The molecule has 0 aliphatic rings. The first kappa shape index (κ1) is 20.7. The van der Waals surface area contributed by atoms with Crippen LogP contribution in [0.2, 0.25) is 0 Å². The van der Waals surface area contributed by atoms with E-state index in [2.05, 4.69) is 10.1 Å². The number of hydrogen-bond acceptors (Lipinski definition) is 5. The third-order valence-corrected chi connectivity index (χ3v) is 3.26. The summed E-state index contributed by atoms with van der Waals surface area (Å²) in [5.41, 5.74) is -0.0782. The summed E-state index contributed by atoms with van der Waals surface area (Å²) < 4.78 is 46.8. The summed E-state index contributed by atoms with van der Waals surface area (Å²) in [5.74, 6) is -2.65. The minimum absolute atomic E-state index is 0.0167. The molecule has 2 aromatic rings. The number of carbonyl (C=O) groups is 3. The van der Waals surface area contributed by atoms with Gasteiger partial charge in [0.25, 0.3) is 5.91 Å². The largest absolute Gasteiger partial charge is 0.513 e. The molecule has 10 heteroatoms. The van der Waals surface area contributed by atoms with E-state index in [1.807, 2.05) is 0 Å². The van der Waals surface area contributed by atoms with E-state index in [0.717, 1.165) is 0 Å². The van der Waals surface area contributed by atoms with Crippen LogP contribution in [0.3, 0.4) is 0 Å². The Kier molecular flexibility index (Phi) is 6.59. The van der Waals surface area contributed by atoms with Gasteiger partial charge in [-0.2, -0.15) is 13.2 Å². The molecule has 28 heavy (non-hydrogen) atoms. The number of carbonyl (C=O) groups excluding carboxylic acids is 3. The van der Waals surface area contributed by atoms with Crippen LogP contribution in [0.5, 0.6) is 5.75 Å². The number of halogens is 3. The molecule has 148 valence electrons. The number of ether oxygens (including phenoxy) is 2. The summed E-state index contributed by atoms with van der Waals surface area (Å²) in [5, 5.41) is 4.11. The molecule has 2 N–H and O–H groups in total. The Bertz CT molecular complexity index is 866. The van der Waals surface area contributed by atoms with Crippen LogP contribution < -0.4 is 15.4 Å². The highest BCUT2D eigenvalue weighted by Crippen LogP contribution is 2.25. The summed E-state index contributed by atoms with van der Waals surface area (Å²) in [7, 11) is 0. The van der Waals surface area contributed by atoms with Crippen molar-refractivity contribution in [3.63, 3.8) is 0 Å². The molecule has 0 atom stereocenters. The van der Waals surface area contributed by atoms with Crippen molar-refractivity contribution in [2.45, 2.75) is 13.1 Å². The molecule has 0 fully saturated rings. The van der Waals surface area contributed by atoms with Crippen LogP contribution in [-0.2, 0) is 9.53 Å². The molecular weight excluding hydrogens is 381 g/mol. The Balaban J connectivity index is 2.09. The van der Waals surface area contributed by atoms with Gasteiger partial charge in [0, 0.05) is 5.56 Å². The second-order valence-electron chi connectivity index (χ2n) is 5.26. The van der Waals surface area contributed by atoms with Gasteiger partial charge in [-0.3, -0.25) is 9.59 Å². The van der Waals surface area contributed by atoms with Gasteiger partial charge in [-0.15, -0.1) is 0 Å². The van der Waals surface area contributed by atoms with Gasteiger partial charge in [0.15, 0.2) is 0 Å². The standard InChI is InChI=1S/C18H15F3N2O5/c1-2-27-17(26)28-12-9-7-11(8-10-12)15(24)22-13-5-3-4-6-14(13)23-16(25)18(19,20)21/h3-10H,2H2,1H3,(H,22,24)(H,23,25). The van der Waals surface area contributed by atoms with Crippen molar-refractivity contribution in [1.29, 1.82) is 0 Å². The highest BCUT2D eigenvalue weighted by Gasteiger charge is 2.39. The number of hydrogen-bond donors (Lipinski definition) is 2. The van der Waals surface area contributed by atoms with Crippen LogP contribution in [0.15, 0.2) is 48.5 Å². The fourth-order valence-electron chi connectivity index (χ4n) is 2.01. The summed E-state index contributed by atoms with van der Waals surface area (Å²) in [4.78, 5) is 34.7. The smallest absolute Gasteiger partial charge is 0.434 e. The fourth-order valence-corrected chi connectivity index (χ4v) is 2.01. The van der Waals surface area contributed by atoms with Gasteiger partial charge in [0.2, 0.25) is 0 Å². The lowest BCUT2D eigenvalue weighted by atomic mass is 10.2. The first-order chi connectivity index (χ1) is 13.2. The summed E-state index contributed by atoms with van der Waals surface area (Å²) in [6.45, 7) is 1.76. The van der Waals surface area contributed by atoms with Crippen LogP contribution in [0, 0.1) is 0 Å². The summed E-state index contributed by atoms with van der Waals surface area (Å²) >= 11 is 0. The Labute approximate surface area is 157 Å². The number of benzene rings is 2. The zero-order valence-corrected chi connectivity index (χ0v) is 14.5. The maximum atomic E-state index is 12.4. The van der Waals surface area contributed by atoms with Crippen molar-refractivity contribution >= 4 is 29.3 Å². The van der Waals surface area contributed by atoms with Gasteiger partial charge in [-0.25, -0.2) is 4.79 Å². The molecule has 7 nitrogen and oxygen atoms in total. The molecule has 2 aromatic carbocycles. The average Bonchev–Trinajstić information content (AvgIpc) is 2.63.